The van der Waals surface area contributed by atoms with E-state index in [1.165, 1.54) is 0 Å². The Morgan fingerprint density at radius 2 is 2.41 bits per heavy atom. The van der Waals surface area contributed by atoms with E-state index in [4.69, 9.17) is 5.11 Å². The summed E-state index contributed by atoms with van der Waals surface area (Å²) in [6.07, 6.45) is 4.42. The molecule has 0 aliphatic heterocycles. The van der Waals surface area contributed by atoms with E-state index in [2.05, 4.69) is 15.6 Å². The lowest BCUT2D eigenvalue weighted by Gasteiger charge is -2.07. The molecule has 0 saturated heterocycles. The normalized spacial score (nSPS) is 14.8. The molecule has 1 rings (SSSR count). The second kappa shape index (κ2) is 7.52. The molecule has 2 N–H and O–H groups in total. The fourth-order valence-electron chi connectivity index (χ4n) is 1.32. The maximum Gasteiger partial charge on any atom is 0.0964 e. The zero-order valence-corrected chi connectivity index (χ0v) is 11.1. The van der Waals surface area contributed by atoms with Gasteiger partial charge in [0.25, 0.3) is 0 Å². The van der Waals surface area contributed by atoms with E-state index < -0.39 is 10.8 Å². The highest BCUT2D eigenvalue weighted by Gasteiger charge is 2.05. The minimum absolute atomic E-state index is 0.0655. The van der Waals surface area contributed by atoms with Crippen molar-refractivity contribution in [2.24, 2.45) is 0 Å². The summed E-state index contributed by atoms with van der Waals surface area (Å²) in [5, 5.41) is 20.0. The van der Waals surface area contributed by atoms with Gasteiger partial charge in [0.15, 0.2) is 0 Å². The van der Waals surface area contributed by atoms with Crippen LogP contribution < -0.4 is 5.32 Å². The maximum atomic E-state index is 11.1. The number of nitrogens with one attached hydrogen (secondary N) is 1. The summed E-state index contributed by atoms with van der Waals surface area (Å²) in [5.74, 6) is 0. The number of hydrogen-bond acceptors (Lipinski definition) is 5. The van der Waals surface area contributed by atoms with Gasteiger partial charge in [-0.3, -0.25) is 4.21 Å². The summed E-state index contributed by atoms with van der Waals surface area (Å²) in [6.45, 7) is 3.98. The third kappa shape index (κ3) is 5.38. The predicted molar refractivity (Wildman–Crippen MR) is 67.0 cm³/mol. The first kappa shape index (κ1) is 14.3. The number of aliphatic hydroxyl groups is 1. The molecule has 0 aromatic carbocycles. The van der Waals surface area contributed by atoms with Crippen LogP contribution in [0.1, 0.15) is 19.0 Å². The van der Waals surface area contributed by atoms with Crippen molar-refractivity contribution >= 4 is 10.8 Å². The van der Waals surface area contributed by atoms with Crippen LogP contribution in [0.5, 0.6) is 0 Å². The van der Waals surface area contributed by atoms with Crippen molar-refractivity contribution in [1.29, 1.82) is 0 Å². The minimum atomic E-state index is -0.757. The molecule has 17 heavy (non-hydrogen) atoms. The minimum Gasteiger partial charge on any atom is -0.394 e. The maximum absolute atomic E-state index is 11.1. The quantitative estimate of drug-likeness (QED) is 0.617. The molecule has 2 atom stereocenters. The Labute approximate surface area is 104 Å². The van der Waals surface area contributed by atoms with E-state index in [9.17, 15) is 4.21 Å². The molecule has 2 unspecified atom stereocenters. The lowest BCUT2D eigenvalue weighted by Crippen LogP contribution is -2.21. The molecule has 0 radical (unpaired) electrons. The fourth-order valence-corrected chi connectivity index (χ4v) is 1.77. The van der Waals surface area contributed by atoms with Crippen molar-refractivity contribution < 1.29 is 9.32 Å². The third-order valence-electron chi connectivity index (χ3n) is 2.52. The van der Waals surface area contributed by atoms with Gasteiger partial charge in [-0.2, -0.15) is 0 Å². The summed E-state index contributed by atoms with van der Waals surface area (Å²) in [7, 11) is -0.757. The summed E-state index contributed by atoms with van der Waals surface area (Å²) in [5.41, 5.74) is 0.851. The van der Waals surface area contributed by atoms with E-state index in [0.29, 0.717) is 13.1 Å². The number of rotatable bonds is 8. The van der Waals surface area contributed by atoms with Gasteiger partial charge in [-0.15, -0.1) is 5.10 Å². The molecule has 1 aromatic rings. The van der Waals surface area contributed by atoms with Crippen LogP contribution in [0.2, 0.25) is 0 Å². The number of nitrogens with zero attached hydrogens (tertiary/aromatic N) is 3. The van der Waals surface area contributed by atoms with Crippen LogP contribution in [0.3, 0.4) is 0 Å². The van der Waals surface area contributed by atoms with E-state index in [1.807, 2.05) is 13.1 Å². The van der Waals surface area contributed by atoms with Crippen molar-refractivity contribution in [3.05, 3.63) is 11.9 Å². The third-order valence-corrected chi connectivity index (χ3v) is 3.88. The Kier molecular flexibility index (Phi) is 6.31. The Balaban J connectivity index is 2.19. The Bertz CT molecular complexity index is 356. The molecule has 98 valence electrons. The Morgan fingerprint density at radius 1 is 1.65 bits per heavy atom. The summed E-state index contributed by atoms with van der Waals surface area (Å²) in [6, 6.07) is 0. The van der Waals surface area contributed by atoms with Crippen molar-refractivity contribution in [2.45, 2.75) is 31.7 Å². The molecule has 6 nitrogen and oxygen atoms in total. The molecular formula is C10H20N4O2S. The van der Waals surface area contributed by atoms with Gasteiger partial charge in [0.2, 0.25) is 0 Å². The van der Waals surface area contributed by atoms with Gasteiger partial charge in [0.1, 0.15) is 0 Å². The Hall–Kier alpha value is -0.790. The van der Waals surface area contributed by atoms with E-state index in [-0.39, 0.29) is 11.9 Å². The van der Waals surface area contributed by atoms with Gasteiger partial charge in [-0.1, -0.05) is 12.1 Å². The van der Waals surface area contributed by atoms with Gasteiger partial charge in [0, 0.05) is 35.0 Å². The molecule has 0 aliphatic rings. The van der Waals surface area contributed by atoms with E-state index in [0.717, 1.165) is 18.7 Å². The Morgan fingerprint density at radius 3 is 3.06 bits per heavy atom. The van der Waals surface area contributed by atoms with Gasteiger partial charge in [-0.25, -0.2) is 4.68 Å². The summed E-state index contributed by atoms with van der Waals surface area (Å²) in [4.78, 5) is 0. The molecule has 0 fully saturated rings. The lowest BCUT2D eigenvalue weighted by atomic mass is 10.3. The standard InChI is InChI=1S/C10H20N4O2S/c1-9(17(2)16)3-4-11-7-10-8-14(5-6-15)13-12-10/h8-9,11,15H,3-7H2,1-2H3. The molecule has 0 saturated carbocycles. The predicted octanol–water partition coefficient (Wildman–Crippen LogP) is -0.483. The van der Waals surface area contributed by atoms with Crippen molar-refractivity contribution in [3.8, 4) is 0 Å². The number of aromatic nitrogens is 3. The van der Waals surface area contributed by atoms with Crippen LogP contribution in [0.15, 0.2) is 6.20 Å². The molecule has 0 amide bonds. The van der Waals surface area contributed by atoms with Crippen molar-refractivity contribution in [1.82, 2.24) is 20.3 Å². The first-order valence-corrected chi connectivity index (χ1v) is 7.28. The fraction of sp³-hybridized carbons (Fsp3) is 0.800. The second-order valence-corrected chi connectivity index (χ2v) is 5.77. The average Bonchev–Trinajstić information content (AvgIpc) is 2.72. The first-order chi connectivity index (χ1) is 8.13. The van der Waals surface area contributed by atoms with Crippen LogP contribution in [0.4, 0.5) is 0 Å². The highest BCUT2D eigenvalue weighted by molar-refractivity contribution is 7.84. The highest BCUT2D eigenvalue weighted by Crippen LogP contribution is 1.98. The van der Waals surface area contributed by atoms with Crippen LogP contribution in [-0.2, 0) is 23.9 Å². The van der Waals surface area contributed by atoms with Gasteiger partial charge >= 0.3 is 0 Å². The molecule has 1 heterocycles. The molecule has 1 aromatic heterocycles. The topological polar surface area (TPSA) is 80.0 Å². The van der Waals surface area contributed by atoms with Crippen molar-refractivity contribution in [2.75, 3.05) is 19.4 Å². The van der Waals surface area contributed by atoms with E-state index >= 15 is 0 Å². The lowest BCUT2D eigenvalue weighted by molar-refractivity contribution is 0.268. The molecule has 0 spiro atoms. The van der Waals surface area contributed by atoms with Gasteiger partial charge < -0.3 is 10.4 Å². The first-order valence-electron chi connectivity index (χ1n) is 5.66. The zero-order chi connectivity index (χ0) is 12.7. The monoisotopic (exact) mass is 260 g/mol. The van der Waals surface area contributed by atoms with Crippen molar-refractivity contribution in [3.63, 3.8) is 0 Å². The summed E-state index contributed by atoms with van der Waals surface area (Å²) >= 11 is 0. The second-order valence-electron chi connectivity index (χ2n) is 3.97. The van der Waals surface area contributed by atoms with E-state index in [1.54, 1.807) is 10.9 Å². The molecule has 0 bridgehead atoms. The van der Waals surface area contributed by atoms with Gasteiger partial charge in [0.05, 0.1) is 18.8 Å². The van der Waals surface area contributed by atoms with Gasteiger partial charge in [-0.05, 0) is 13.0 Å². The van der Waals surface area contributed by atoms with Crippen LogP contribution in [0.25, 0.3) is 0 Å². The number of hydrogen-bond donors (Lipinski definition) is 2. The summed E-state index contributed by atoms with van der Waals surface area (Å²) < 4.78 is 12.7. The van der Waals surface area contributed by atoms with Crippen LogP contribution in [0, 0.1) is 0 Å². The zero-order valence-electron chi connectivity index (χ0n) is 10.3. The average molecular weight is 260 g/mol. The smallest absolute Gasteiger partial charge is 0.0964 e. The largest absolute Gasteiger partial charge is 0.394 e. The highest BCUT2D eigenvalue weighted by atomic mass is 32.2. The molecule has 0 aliphatic carbocycles. The number of aliphatic hydroxyl groups excluding tert-OH is 1. The SMILES string of the molecule is CC(CCNCc1cn(CCO)nn1)S(C)=O. The molecular weight excluding hydrogens is 240 g/mol. The van der Waals surface area contributed by atoms with Crippen LogP contribution in [-0.4, -0.2) is 49.0 Å². The van der Waals surface area contributed by atoms with Crippen LogP contribution >= 0.6 is 0 Å². The molecule has 7 heteroatoms.